The number of nitrogens with zero attached hydrogens (tertiary/aromatic N) is 1. The summed E-state index contributed by atoms with van der Waals surface area (Å²) in [6, 6.07) is 15.9. The summed E-state index contributed by atoms with van der Waals surface area (Å²) < 4.78 is 5.26. The first kappa shape index (κ1) is 14.5. The van der Waals surface area contributed by atoms with Crippen LogP contribution in [0.4, 0.5) is 5.69 Å². The van der Waals surface area contributed by atoms with Gasteiger partial charge in [-0.2, -0.15) is 0 Å². The third-order valence-electron chi connectivity index (χ3n) is 2.95. The molecule has 0 radical (unpaired) electrons. The van der Waals surface area contributed by atoms with Gasteiger partial charge in [-0.3, -0.25) is 0 Å². The van der Waals surface area contributed by atoms with Gasteiger partial charge in [0.1, 0.15) is 11.4 Å². The number of benzene rings is 2. The molecule has 0 saturated heterocycles. The van der Waals surface area contributed by atoms with Gasteiger partial charge in [0.05, 0.1) is 7.11 Å². The van der Waals surface area contributed by atoms with Crippen molar-refractivity contribution in [3.05, 3.63) is 59.7 Å². The normalized spacial score (nSPS) is 11.4. The third kappa shape index (κ3) is 3.78. The van der Waals surface area contributed by atoms with Crippen molar-refractivity contribution in [1.29, 1.82) is 0 Å². The first-order chi connectivity index (χ1) is 9.70. The zero-order valence-corrected chi connectivity index (χ0v) is 12.5. The number of para-hydroxylation sites is 2. The van der Waals surface area contributed by atoms with Gasteiger partial charge in [-0.1, -0.05) is 48.2 Å². The highest BCUT2D eigenvalue weighted by molar-refractivity contribution is 8.13. The summed E-state index contributed by atoms with van der Waals surface area (Å²) in [4.78, 5) is 4.41. The number of methoxy groups -OCH3 is 1. The summed E-state index contributed by atoms with van der Waals surface area (Å²) in [7, 11) is 1.63. The van der Waals surface area contributed by atoms with Crippen LogP contribution in [0, 0.1) is 6.92 Å². The van der Waals surface area contributed by atoms with Gasteiger partial charge in [0.2, 0.25) is 0 Å². The summed E-state index contributed by atoms with van der Waals surface area (Å²) in [5.41, 5.74) is 9.28. The molecule has 2 N–H and O–H groups in total. The molecule has 0 aliphatic rings. The number of rotatable bonds is 4. The molecule has 0 bridgehead atoms. The summed E-state index contributed by atoms with van der Waals surface area (Å²) >= 11 is 1.53. The lowest BCUT2D eigenvalue weighted by Gasteiger charge is -2.06. The minimum Gasteiger partial charge on any atom is -0.494 e. The van der Waals surface area contributed by atoms with E-state index >= 15 is 0 Å². The Kier molecular flexibility index (Phi) is 5.07. The van der Waals surface area contributed by atoms with Crippen LogP contribution in [0.1, 0.15) is 11.1 Å². The van der Waals surface area contributed by atoms with Gasteiger partial charge >= 0.3 is 0 Å². The molecule has 2 aromatic carbocycles. The molecule has 0 unspecified atom stereocenters. The molecule has 104 valence electrons. The van der Waals surface area contributed by atoms with Crippen LogP contribution in [-0.2, 0) is 5.75 Å². The lowest BCUT2D eigenvalue weighted by atomic mass is 10.1. The van der Waals surface area contributed by atoms with Crippen LogP contribution in [0.15, 0.2) is 53.5 Å². The van der Waals surface area contributed by atoms with Gasteiger partial charge in [-0.25, -0.2) is 4.99 Å². The molecule has 0 aromatic heterocycles. The van der Waals surface area contributed by atoms with E-state index in [1.165, 1.54) is 22.9 Å². The average Bonchev–Trinajstić information content (AvgIpc) is 2.47. The van der Waals surface area contributed by atoms with Crippen LogP contribution < -0.4 is 10.5 Å². The number of hydrogen-bond donors (Lipinski definition) is 1. The number of aliphatic imine (C=N–C) groups is 1. The Morgan fingerprint density at radius 1 is 1.15 bits per heavy atom. The Labute approximate surface area is 123 Å². The van der Waals surface area contributed by atoms with Crippen LogP contribution in [0.5, 0.6) is 5.75 Å². The van der Waals surface area contributed by atoms with E-state index in [0.717, 1.165) is 17.2 Å². The highest BCUT2D eigenvalue weighted by atomic mass is 32.2. The van der Waals surface area contributed by atoms with Crippen LogP contribution in [0.25, 0.3) is 0 Å². The van der Waals surface area contributed by atoms with Gasteiger partial charge in [-0.15, -0.1) is 0 Å². The molecule has 0 fully saturated rings. The van der Waals surface area contributed by atoms with Crippen LogP contribution in [-0.4, -0.2) is 12.3 Å². The quantitative estimate of drug-likeness (QED) is 0.685. The summed E-state index contributed by atoms with van der Waals surface area (Å²) in [6.45, 7) is 2.10. The first-order valence-corrected chi connectivity index (χ1v) is 7.33. The summed E-state index contributed by atoms with van der Waals surface area (Å²) in [5.74, 6) is 1.55. The van der Waals surface area contributed by atoms with Gasteiger partial charge < -0.3 is 10.5 Å². The predicted octanol–water partition coefficient (Wildman–Crippen LogP) is 3.88. The van der Waals surface area contributed by atoms with Gasteiger partial charge in [0.25, 0.3) is 0 Å². The van der Waals surface area contributed by atoms with E-state index in [-0.39, 0.29) is 0 Å². The lowest BCUT2D eigenvalue weighted by Crippen LogP contribution is -2.06. The SMILES string of the molecule is COc1ccccc1N=C(N)SCc1ccccc1C. The van der Waals surface area contributed by atoms with Gasteiger partial charge in [0.15, 0.2) is 5.17 Å². The Morgan fingerprint density at radius 2 is 1.85 bits per heavy atom. The smallest absolute Gasteiger partial charge is 0.159 e. The van der Waals surface area contributed by atoms with E-state index in [9.17, 15) is 0 Å². The molecule has 0 amide bonds. The van der Waals surface area contributed by atoms with Crippen molar-refractivity contribution in [3.63, 3.8) is 0 Å². The number of aryl methyl sites for hydroxylation is 1. The van der Waals surface area contributed by atoms with Crippen molar-refractivity contribution >= 4 is 22.6 Å². The van der Waals surface area contributed by atoms with Crippen molar-refractivity contribution in [2.24, 2.45) is 10.7 Å². The maximum absolute atomic E-state index is 5.98. The fourth-order valence-corrected chi connectivity index (χ4v) is 2.59. The van der Waals surface area contributed by atoms with E-state index in [1.807, 2.05) is 36.4 Å². The second-order valence-corrected chi connectivity index (χ2v) is 5.33. The molecular weight excluding hydrogens is 268 g/mol. The van der Waals surface area contributed by atoms with Crippen molar-refractivity contribution in [3.8, 4) is 5.75 Å². The largest absolute Gasteiger partial charge is 0.494 e. The van der Waals surface area contributed by atoms with E-state index < -0.39 is 0 Å². The maximum atomic E-state index is 5.98. The van der Waals surface area contributed by atoms with Crippen molar-refractivity contribution < 1.29 is 4.74 Å². The molecule has 4 heteroatoms. The van der Waals surface area contributed by atoms with Crippen molar-refractivity contribution in [1.82, 2.24) is 0 Å². The molecule has 0 aliphatic carbocycles. The second-order valence-electron chi connectivity index (χ2n) is 4.34. The number of thioether (sulfide) groups is 1. The molecule has 0 heterocycles. The first-order valence-electron chi connectivity index (χ1n) is 6.35. The Morgan fingerprint density at radius 3 is 2.60 bits per heavy atom. The average molecular weight is 286 g/mol. The monoisotopic (exact) mass is 286 g/mol. The Hall–Kier alpha value is -1.94. The second kappa shape index (κ2) is 7.01. The minimum absolute atomic E-state index is 0.540. The standard InChI is InChI=1S/C16H18N2OS/c1-12-7-3-4-8-13(12)11-20-16(17)18-14-9-5-6-10-15(14)19-2/h3-10H,11H2,1-2H3,(H2,17,18). The molecule has 0 spiro atoms. The molecule has 2 rings (SSSR count). The van der Waals surface area contributed by atoms with Gasteiger partial charge in [0, 0.05) is 5.75 Å². The zero-order valence-electron chi connectivity index (χ0n) is 11.7. The Bertz CT molecular complexity index is 611. The number of amidine groups is 1. The zero-order chi connectivity index (χ0) is 14.4. The number of ether oxygens (including phenoxy) is 1. The third-order valence-corrected chi connectivity index (χ3v) is 3.80. The summed E-state index contributed by atoms with van der Waals surface area (Å²) in [6.07, 6.45) is 0. The fraction of sp³-hybridized carbons (Fsp3) is 0.188. The molecule has 2 aromatic rings. The highest BCUT2D eigenvalue weighted by Gasteiger charge is 2.03. The van der Waals surface area contributed by atoms with Crippen LogP contribution in [0.3, 0.4) is 0 Å². The fourth-order valence-electron chi connectivity index (χ4n) is 1.80. The molecule has 0 saturated carbocycles. The van der Waals surface area contributed by atoms with E-state index in [2.05, 4.69) is 24.0 Å². The lowest BCUT2D eigenvalue weighted by molar-refractivity contribution is 0.416. The van der Waals surface area contributed by atoms with Crippen molar-refractivity contribution in [2.75, 3.05) is 7.11 Å². The van der Waals surface area contributed by atoms with Crippen LogP contribution in [0.2, 0.25) is 0 Å². The van der Waals surface area contributed by atoms with Crippen molar-refractivity contribution in [2.45, 2.75) is 12.7 Å². The molecule has 0 atom stereocenters. The molecular formula is C16H18N2OS. The van der Waals surface area contributed by atoms with E-state index in [1.54, 1.807) is 7.11 Å². The molecule has 0 aliphatic heterocycles. The van der Waals surface area contributed by atoms with Crippen LogP contribution >= 0.6 is 11.8 Å². The molecule has 20 heavy (non-hydrogen) atoms. The number of hydrogen-bond acceptors (Lipinski definition) is 3. The topological polar surface area (TPSA) is 47.6 Å². The van der Waals surface area contributed by atoms with Gasteiger partial charge in [-0.05, 0) is 30.2 Å². The molecule has 3 nitrogen and oxygen atoms in total. The maximum Gasteiger partial charge on any atom is 0.159 e. The van der Waals surface area contributed by atoms with E-state index in [0.29, 0.717) is 5.17 Å². The predicted molar refractivity (Wildman–Crippen MR) is 86.8 cm³/mol. The highest BCUT2D eigenvalue weighted by Crippen LogP contribution is 2.27. The summed E-state index contributed by atoms with van der Waals surface area (Å²) in [5, 5.41) is 0.540. The minimum atomic E-state index is 0.540. The van der Waals surface area contributed by atoms with E-state index in [4.69, 9.17) is 10.5 Å². The number of nitrogens with two attached hydrogens (primary N) is 1. The Balaban J connectivity index is 2.06.